The van der Waals surface area contributed by atoms with Crippen molar-refractivity contribution in [1.82, 2.24) is 10.6 Å². The molecular formula is C15H26IN3S2. The van der Waals surface area contributed by atoms with E-state index < -0.39 is 0 Å². The van der Waals surface area contributed by atoms with E-state index in [9.17, 15) is 0 Å². The predicted octanol–water partition coefficient (Wildman–Crippen LogP) is 3.83. The summed E-state index contributed by atoms with van der Waals surface area (Å²) >= 11 is 3.61. The van der Waals surface area contributed by atoms with E-state index in [2.05, 4.69) is 66.3 Å². The number of rotatable bonds is 6. The van der Waals surface area contributed by atoms with Gasteiger partial charge in [0.15, 0.2) is 5.96 Å². The smallest absolute Gasteiger partial charge is 0.191 e. The van der Waals surface area contributed by atoms with Gasteiger partial charge in [-0.3, -0.25) is 4.99 Å². The third kappa shape index (κ3) is 8.21. The van der Waals surface area contributed by atoms with Crippen molar-refractivity contribution in [3.8, 4) is 0 Å². The van der Waals surface area contributed by atoms with Crippen LogP contribution in [0.25, 0.3) is 0 Å². The number of hydrogen-bond donors (Lipinski definition) is 2. The first kappa shape index (κ1) is 20.9. The molecule has 0 aliphatic heterocycles. The number of nitrogens with zero attached hydrogens (tertiary/aromatic N) is 1. The summed E-state index contributed by atoms with van der Waals surface area (Å²) in [5.74, 6) is 0.848. The molecule has 1 aromatic rings. The molecular weight excluding hydrogens is 413 g/mol. The van der Waals surface area contributed by atoms with Crippen LogP contribution in [0.5, 0.6) is 0 Å². The zero-order valence-electron chi connectivity index (χ0n) is 13.4. The van der Waals surface area contributed by atoms with E-state index in [4.69, 9.17) is 0 Å². The van der Waals surface area contributed by atoms with Crippen LogP contribution in [0.1, 0.15) is 19.4 Å². The number of aliphatic imine (C=N–C) groups is 1. The van der Waals surface area contributed by atoms with Crippen molar-refractivity contribution < 1.29 is 0 Å². The summed E-state index contributed by atoms with van der Waals surface area (Å²) in [6.45, 7) is 6.12. The topological polar surface area (TPSA) is 36.4 Å². The minimum absolute atomic E-state index is 0. The first-order valence-corrected chi connectivity index (χ1v) is 9.08. The summed E-state index contributed by atoms with van der Waals surface area (Å²) in [6, 6.07) is 8.60. The van der Waals surface area contributed by atoms with E-state index in [1.54, 1.807) is 18.8 Å². The highest BCUT2D eigenvalue weighted by Crippen LogP contribution is 2.19. The van der Waals surface area contributed by atoms with Crippen LogP contribution in [0, 0.1) is 0 Å². The van der Waals surface area contributed by atoms with Crippen LogP contribution in [-0.2, 0) is 6.54 Å². The molecule has 2 N–H and O–H groups in total. The van der Waals surface area contributed by atoms with E-state index in [0.717, 1.165) is 19.0 Å². The number of benzene rings is 1. The number of nitrogens with one attached hydrogen (secondary N) is 2. The Morgan fingerprint density at radius 1 is 1.14 bits per heavy atom. The zero-order valence-corrected chi connectivity index (χ0v) is 17.4. The summed E-state index contributed by atoms with van der Waals surface area (Å²) in [5, 5.41) is 6.71. The molecule has 0 atom stereocenters. The molecule has 0 radical (unpaired) electrons. The lowest BCUT2D eigenvalue weighted by Crippen LogP contribution is -2.42. The van der Waals surface area contributed by atoms with Gasteiger partial charge in [0.25, 0.3) is 0 Å². The summed E-state index contributed by atoms with van der Waals surface area (Å²) < 4.78 is 0.206. The highest BCUT2D eigenvalue weighted by molar-refractivity contribution is 14.0. The van der Waals surface area contributed by atoms with Crippen molar-refractivity contribution in [2.75, 3.05) is 26.1 Å². The molecule has 0 saturated carbocycles. The molecule has 0 bridgehead atoms. The second kappa shape index (κ2) is 10.6. The average molecular weight is 439 g/mol. The largest absolute Gasteiger partial charge is 0.355 e. The lowest BCUT2D eigenvalue weighted by Gasteiger charge is -2.23. The van der Waals surface area contributed by atoms with E-state index in [-0.39, 0.29) is 28.7 Å². The number of halogens is 1. The normalized spacial score (nSPS) is 11.8. The highest BCUT2D eigenvalue weighted by atomic mass is 127. The van der Waals surface area contributed by atoms with Crippen LogP contribution in [0.15, 0.2) is 34.2 Å². The van der Waals surface area contributed by atoms with Gasteiger partial charge in [0.05, 0.1) is 0 Å². The van der Waals surface area contributed by atoms with Gasteiger partial charge in [0.1, 0.15) is 0 Å². The Morgan fingerprint density at radius 3 is 2.24 bits per heavy atom. The monoisotopic (exact) mass is 439 g/mol. The highest BCUT2D eigenvalue weighted by Gasteiger charge is 2.15. The fourth-order valence-electron chi connectivity index (χ4n) is 1.52. The lowest BCUT2D eigenvalue weighted by atomic mass is 10.2. The molecule has 6 heteroatoms. The molecule has 0 unspecified atom stereocenters. The van der Waals surface area contributed by atoms with Gasteiger partial charge in [-0.2, -0.15) is 11.8 Å². The van der Waals surface area contributed by atoms with Crippen LogP contribution < -0.4 is 10.6 Å². The Bertz CT molecular complexity index is 433. The first-order chi connectivity index (χ1) is 9.50. The molecule has 0 aromatic heterocycles. The van der Waals surface area contributed by atoms with Crippen molar-refractivity contribution in [3.05, 3.63) is 29.8 Å². The van der Waals surface area contributed by atoms with Gasteiger partial charge in [0.2, 0.25) is 0 Å². The summed E-state index contributed by atoms with van der Waals surface area (Å²) in [6.07, 6.45) is 4.22. The molecule has 120 valence electrons. The van der Waals surface area contributed by atoms with Gasteiger partial charge < -0.3 is 10.6 Å². The zero-order chi connectivity index (χ0) is 15.0. The Hall–Kier alpha value is -0.0800. The lowest BCUT2D eigenvalue weighted by molar-refractivity contribution is 0.664. The molecule has 1 aromatic carbocycles. The van der Waals surface area contributed by atoms with E-state index in [1.807, 2.05) is 11.8 Å². The summed E-state index contributed by atoms with van der Waals surface area (Å²) in [4.78, 5) is 5.55. The summed E-state index contributed by atoms with van der Waals surface area (Å²) in [5.41, 5.74) is 1.26. The second-order valence-corrected chi connectivity index (χ2v) is 7.48. The van der Waals surface area contributed by atoms with Crippen LogP contribution in [0.4, 0.5) is 0 Å². The average Bonchev–Trinajstić information content (AvgIpc) is 2.48. The summed E-state index contributed by atoms with van der Waals surface area (Å²) in [7, 11) is 1.80. The molecule has 3 nitrogen and oxygen atoms in total. The minimum Gasteiger partial charge on any atom is -0.355 e. The first-order valence-electron chi connectivity index (χ1n) is 6.63. The van der Waals surface area contributed by atoms with Crippen molar-refractivity contribution in [3.63, 3.8) is 0 Å². The third-order valence-electron chi connectivity index (χ3n) is 3.08. The van der Waals surface area contributed by atoms with E-state index >= 15 is 0 Å². The Balaban J connectivity index is 0.00000400. The second-order valence-electron chi connectivity index (χ2n) is 5.09. The maximum atomic E-state index is 4.26. The third-order valence-corrected chi connectivity index (χ3v) is 5.07. The molecule has 0 aliphatic carbocycles. The van der Waals surface area contributed by atoms with Gasteiger partial charge in [-0.1, -0.05) is 12.1 Å². The molecule has 21 heavy (non-hydrogen) atoms. The SMILES string of the molecule is CN=C(NCc1ccc(SC)cc1)NCC(C)(C)SC.I. The molecule has 1 rings (SSSR count). The van der Waals surface area contributed by atoms with Crippen LogP contribution in [0.3, 0.4) is 0 Å². The van der Waals surface area contributed by atoms with Crippen molar-refractivity contribution in [2.45, 2.75) is 30.0 Å². The molecule has 0 saturated heterocycles. The van der Waals surface area contributed by atoms with Crippen molar-refractivity contribution in [2.24, 2.45) is 4.99 Å². The Labute approximate surface area is 154 Å². The maximum absolute atomic E-state index is 4.26. The van der Waals surface area contributed by atoms with Gasteiger partial charge in [-0.25, -0.2) is 0 Å². The molecule has 0 heterocycles. The van der Waals surface area contributed by atoms with Crippen molar-refractivity contribution in [1.29, 1.82) is 0 Å². The van der Waals surface area contributed by atoms with Crippen LogP contribution in [-0.4, -0.2) is 36.8 Å². The van der Waals surface area contributed by atoms with Gasteiger partial charge >= 0.3 is 0 Å². The minimum atomic E-state index is 0. The number of hydrogen-bond acceptors (Lipinski definition) is 3. The number of guanidine groups is 1. The standard InChI is InChI=1S/C15H25N3S2.HI/c1-15(2,20-5)11-18-14(16-3)17-10-12-6-8-13(19-4)9-7-12;/h6-9H,10-11H2,1-5H3,(H2,16,17,18);1H. The molecule has 0 amide bonds. The fourth-order valence-corrected chi connectivity index (χ4v) is 2.14. The Morgan fingerprint density at radius 2 is 1.76 bits per heavy atom. The number of thioether (sulfide) groups is 2. The van der Waals surface area contributed by atoms with Crippen LogP contribution >= 0.6 is 47.5 Å². The van der Waals surface area contributed by atoms with Gasteiger partial charge in [-0.05, 0) is 44.1 Å². The molecule has 0 aliphatic rings. The molecule has 0 fully saturated rings. The maximum Gasteiger partial charge on any atom is 0.191 e. The quantitative estimate of drug-likeness (QED) is 0.306. The van der Waals surface area contributed by atoms with Gasteiger partial charge in [0, 0.05) is 29.8 Å². The predicted molar refractivity (Wildman–Crippen MR) is 109 cm³/mol. The van der Waals surface area contributed by atoms with Gasteiger partial charge in [-0.15, -0.1) is 35.7 Å². The van der Waals surface area contributed by atoms with E-state index in [1.165, 1.54) is 10.5 Å². The van der Waals surface area contributed by atoms with Crippen molar-refractivity contribution >= 4 is 53.5 Å². The molecule has 0 spiro atoms. The van der Waals surface area contributed by atoms with Crippen LogP contribution in [0.2, 0.25) is 0 Å². The fraction of sp³-hybridized carbons (Fsp3) is 0.533. The van der Waals surface area contributed by atoms with E-state index in [0.29, 0.717) is 0 Å². The Kier molecular flexibility index (Phi) is 10.6.